The van der Waals surface area contributed by atoms with Gasteiger partial charge in [0.2, 0.25) is 0 Å². The quantitative estimate of drug-likeness (QED) is 0.800. The highest BCUT2D eigenvalue weighted by Gasteiger charge is 2.37. The van der Waals surface area contributed by atoms with Crippen molar-refractivity contribution in [3.05, 3.63) is 29.8 Å². The predicted molar refractivity (Wildman–Crippen MR) is 73.8 cm³/mol. The Morgan fingerprint density at radius 2 is 2.00 bits per heavy atom. The van der Waals surface area contributed by atoms with Gasteiger partial charge in [0.1, 0.15) is 11.8 Å². The maximum atomic E-state index is 12.0. The molecule has 1 aliphatic carbocycles. The van der Waals surface area contributed by atoms with Gasteiger partial charge in [0.15, 0.2) is 0 Å². The van der Waals surface area contributed by atoms with E-state index in [9.17, 15) is 9.59 Å². The van der Waals surface area contributed by atoms with Crippen LogP contribution >= 0.6 is 0 Å². The average Bonchev–Trinajstić information content (AvgIpc) is 3.27. The zero-order chi connectivity index (χ0) is 14.5. The van der Waals surface area contributed by atoms with Crippen molar-refractivity contribution >= 4 is 11.9 Å². The summed E-state index contributed by atoms with van der Waals surface area (Å²) >= 11 is 0. The van der Waals surface area contributed by atoms with Crippen molar-refractivity contribution in [2.75, 3.05) is 6.61 Å². The van der Waals surface area contributed by atoms with Crippen LogP contribution in [0.15, 0.2) is 24.3 Å². The van der Waals surface area contributed by atoms with E-state index in [1.807, 2.05) is 6.92 Å². The van der Waals surface area contributed by atoms with Crippen molar-refractivity contribution in [2.24, 2.45) is 5.92 Å². The summed E-state index contributed by atoms with van der Waals surface area (Å²) in [4.78, 5) is 23.1. The minimum Gasteiger partial charge on any atom is -0.494 e. The van der Waals surface area contributed by atoms with Crippen molar-refractivity contribution < 1.29 is 19.4 Å². The van der Waals surface area contributed by atoms with Crippen LogP contribution in [0.3, 0.4) is 0 Å². The molecule has 1 aliphatic rings. The minimum atomic E-state index is -0.969. The van der Waals surface area contributed by atoms with E-state index < -0.39 is 12.0 Å². The fourth-order valence-electron chi connectivity index (χ4n) is 1.96. The van der Waals surface area contributed by atoms with Gasteiger partial charge in [-0.05, 0) is 49.4 Å². The number of carbonyl (C=O) groups is 2. The molecule has 1 amide bonds. The van der Waals surface area contributed by atoms with Crippen LogP contribution in [0.4, 0.5) is 0 Å². The Hall–Kier alpha value is -2.04. The molecule has 1 saturated carbocycles. The first-order chi connectivity index (χ1) is 9.61. The second-order valence-corrected chi connectivity index (χ2v) is 5.00. The first kappa shape index (κ1) is 14.4. The third-order valence-corrected chi connectivity index (χ3v) is 3.24. The second-order valence-electron chi connectivity index (χ2n) is 5.00. The molecule has 0 aliphatic heterocycles. The van der Waals surface area contributed by atoms with Crippen LogP contribution in [0.25, 0.3) is 0 Å². The van der Waals surface area contributed by atoms with Crippen LogP contribution in [0, 0.1) is 5.92 Å². The lowest BCUT2D eigenvalue weighted by Gasteiger charge is -2.13. The molecule has 1 unspecified atom stereocenters. The molecule has 1 fully saturated rings. The number of aliphatic carboxylic acids is 1. The molecular formula is C15H19NO4. The van der Waals surface area contributed by atoms with Crippen LogP contribution in [0.5, 0.6) is 5.75 Å². The topological polar surface area (TPSA) is 75.6 Å². The van der Waals surface area contributed by atoms with Gasteiger partial charge in [-0.15, -0.1) is 0 Å². The molecule has 5 nitrogen and oxygen atoms in total. The van der Waals surface area contributed by atoms with Gasteiger partial charge >= 0.3 is 5.97 Å². The van der Waals surface area contributed by atoms with Crippen LogP contribution in [-0.2, 0) is 4.79 Å². The van der Waals surface area contributed by atoms with Gasteiger partial charge in [-0.3, -0.25) is 4.79 Å². The fourth-order valence-corrected chi connectivity index (χ4v) is 1.96. The first-order valence-electron chi connectivity index (χ1n) is 6.88. The van der Waals surface area contributed by atoms with E-state index in [1.54, 1.807) is 24.3 Å². The monoisotopic (exact) mass is 277 g/mol. The molecule has 108 valence electrons. The van der Waals surface area contributed by atoms with E-state index >= 15 is 0 Å². The molecule has 0 saturated heterocycles. The van der Waals surface area contributed by atoms with E-state index in [1.165, 1.54) is 0 Å². The number of carboxylic acid groups (broad SMARTS) is 1. The molecule has 20 heavy (non-hydrogen) atoms. The summed E-state index contributed by atoms with van der Waals surface area (Å²) in [5.74, 6) is -0.543. The smallest absolute Gasteiger partial charge is 0.326 e. The Morgan fingerprint density at radius 3 is 2.50 bits per heavy atom. The number of ether oxygens (including phenoxy) is 1. The summed E-state index contributed by atoms with van der Waals surface area (Å²) in [6.45, 7) is 2.65. The zero-order valence-electron chi connectivity index (χ0n) is 11.5. The molecule has 0 aromatic heterocycles. The molecule has 2 rings (SSSR count). The number of amides is 1. The Bertz CT molecular complexity index is 479. The number of benzene rings is 1. The standard InChI is InChI=1S/C15H19NO4/c1-2-9-20-12-7-5-11(6-8-12)14(17)16-13(15(18)19)10-3-4-10/h5-8,10,13H,2-4,9H2,1H3,(H,16,17)(H,18,19). The molecule has 1 atom stereocenters. The van der Waals surface area contributed by atoms with Crippen LogP contribution in [0.2, 0.25) is 0 Å². The third kappa shape index (κ3) is 3.73. The van der Waals surface area contributed by atoms with E-state index in [0.29, 0.717) is 17.9 Å². The van der Waals surface area contributed by atoms with Gasteiger partial charge in [-0.1, -0.05) is 6.92 Å². The maximum Gasteiger partial charge on any atom is 0.326 e. The molecule has 0 radical (unpaired) electrons. The van der Waals surface area contributed by atoms with Crippen molar-refractivity contribution in [1.82, 2.24) is 5.32 Å². The SMILES string of the molecule is CCCOc1ccc(C(=O)NC(C(=O)O)C2CC2)cc1. The van der Waals surface area contributed by atoms with Crippen molar-refractivity contribution in [3.8, 4) is 5.75 Å². The summed E-state index contributed by atoms with van der Waals surface area (Å²) < 4.78 is 5.43. The van der Waals surface area contributed by atoms with Gasteiger partial charge in [0, 0.05) is 5.56 Å². The molecule has 1 aromatic carbocycles. The molecule has 2 N–H and O–H groups in total. The molecule has 5 heteroatoms. The van der Waals surface area contributed by atoms with Crippen molar-refractivity contribution in [1.29, 1.82) is 0 Å². The van der Waals surface area contributed by atoms with E-state index in [0.717, 1.165) is 19.3 Å². The van der Waals surface area contributed by atoms with Gasteiger partial charge in [0.25, 0.3) is 5.91 Å². The lowest BCUT2D eigenvalue weighted by Crippen LogP contribution is -2.42. The highest BCUT2D eigenvalue weighted by atomic mass is 16.5. The van der Waals surface area contributed by atoms with E-state index in [4.69, 9.17) is 9.84 Å². The van der Waals surface area contributed by atoms with Crippen molar-refractivity contribution in [2.45, 2.75) is 32.2 Å². The third-order valence-electron chi connectivity index (χ3n) is 3.24. The normalized spacial score (nSPS) is 15.4. The number of rotatable bonds is 7. The van der Waals surface area contributed by atoms with Gasteiger partial charge < -0.3 is 15.2 Å². The lowest BCUT2D eigenvalue weighted by molar-refractivity contribution is -0.139. The lowest BCUT2D eigenvalue weighted by atomic mass is 10.1. The predicted octanol–water partition coefficient (Wildman–Crippen LogP) is 2.07. The number of hydrogen-bond donors (Lipinski definition) is 2. The van der Waals surface area contributed by atoms with Gasteiger partial charge in [-0.25, -0.2) is 4.79 Å². The molecular weight excluding hydrogens is 258 g/mol. The highest BCUT2D eigenvalue weighted by molar-refractivity contribution is 5.96. The molecule has 1 aromatic rings. The minimum absolute atomic E-state index is 0.0728. The number of carbonyl (C=O) groups excluding carboxylic acids is 1. The summed E-state index contributed by atoms with van der Waals surface area (Å²) in [5.41, 5.74) is 0.445. The van der Waals surface area contributed by atoms with E-state index in [2.05, 4.69) is 5.32 Å². The first-order valence-corrected chi connectivity index (χ1v) is 6.88. The molecule has 0 bridgehead atoms. The molecule has 0 heterocycles. The molecule has 0 spiro atoms. The second kappa shape index (κ2) is 6.41. The van der Waals surface area contributed by atoms with Gasteiger partial charge in [-0.2, -0.15) is 0 Å². The Kier molecular flexibility index (Phi) is 4.61. The highest BCUT2D eigenvalue weighted by Crippen LogP contribution is 2.32. The Morgan fingerprint density at radius 1 is 1.35 bits per heavy atom. The number of hydrogen-bond acceptors (Lipinski definition) is 3. The average molecular weight is 277 g/mol. The van der Waals surface area contributed by atoms with Crippen molar-refractivity contribution in [3.63, 3.8) is 0 Å². The number of carboxylic acids is 1. The summed E-state index contributed by atoms with van der Waals surface area (Å²) in [7, 11) is 0. The fraction of sp³-hybridized carbons (Fsp3) is 0.467. The van der Waals surface area contributed by atoms with Crippen LogP contribution in [-0.4, -0.2) is 29.6 Å². The number of nitrogens with one attached hydrogen (secondary N) is 1. The zero-order valence-corrected chi connectivity index (χ0v) is 11.5. The summed E-state index contributed by atoms with van der Waals surface area (Å²) in [6, 6.07) is 5.95. The van der Waals surface area contributed by atoms with Gasteiger partial charge in [0.05, 0.1) is 6.61 Å². The van der Waals surface area contributed by atoms with Crippen LogP contribution in [0.1, 0.15) is 36.5 Å². The Balaban J connectivity index is 1.96. The summed E-state index contributed by atoms with van der Waals surface area (Å²) in [6.07, 6.45) is 2.64. The van der Waals surface area contributed by atoms with E-state index in [-0.39, 0.29) is 11.8 Å². The summed E-state index contributed by atoms with van der Waals surface area (Å²) in [5, 5.41) is 11.7. The Labute approximate surface area is 117 Å². The largest absolute Gasteiger partial charge is 0.494 e. The maximum absolute atomic E-state index is 12.0. The van der Waals surface area contributed by atoms with Crippen LogP contribution < -0.4 is 10.1 Å².